The van der Waals surface area contributed by atoms with Crippen LogP contribution < -0.4 is 5.32 Å². The molecule has 2 amide bonds. The maximum Gasteiger partial charge on any atom is 0.226 e. The number of nitrogens with zero attached hydrogens (tertiary/aromatic N) is 1. The molecule has 0 fully saturated rings. The molecule has 0 bridgehead atoms. The van der Waals surface area contributed by atoms with Crippen LogP contribution >= 0.6 is 11.6 Å². The van der Waals surface area contributed by atoms with E-state index in [-0.39, 0.29) is 24.0 Å². The molecule has 2 rings (SSSR count). The van der Waals surface area contributed by atoms with E-state index in [1.54, 1.807) is 29.2 Å². The van der Waals surface area contributed by atoms with Crippen LogP contribution in [0, 0.1) is 0 Å². The van der Waals surface area contributed by atoms with Crippen LogP contribution in [-0.2, 0) is 16.0 Å². The Morgan fingerprint density at radius 2 is 1.56 bits per heavy atom. The van der Waals surface area contributed by atoms with Crippen molar-refractivity contribution in [3.8, 4) is 0 Å². The second-order valence-corrected chi connectivity index (χ2v) is 6.75. The van der Waals surface area contributed by atoms with Gasteiger partial charge in [-0.1, -0.05) is 23.7 Å². The molecular weight excluding hydrogens is 364 g/mol. The quantitative estimate of drug-likeness (QED) is 0.698. The highest BCUT2D eigenvalue weighted by atomic mass is 35.5. The fourth-order valence-corrected chi connectivity index (χ4v) is 2.72. The van der Waals surface area contributed by atoms with Crippen LogP contribution in [0.3, 0.4) is 0 Å². The van der Waals surface area contributed by atoms with Gasteiger partial charge in [0.1, 0.15) is 0 Å². The molecule has 0 aliphatic rings. The normalized spacial score (nSPS) is 10.3. The van der Waals surface area contributed by atoms with E-state index in [1.165, 1.54) is 13.8 Å². The van der Waals surface area contributed by atoms with Crippen LogP contribution in [-0.4, -0.2) is 35.6 Å². The first-order chi connectivity index (χ1) is 12.8. The fraction of sp³-hybridized carbons (Fsp3) is 0.286. The Labute approximate surface area is 164 Å². The van der Waals surface area contributed by atoms with E-state index >= 15 is 0 Å². The standard InChI is InChI=1S/C21H23ClN2O3/c1-15(25)18-5-9-20(10-6-18)23-21(27)12-14-24(16(2)26)13-11-17-3-7-19(22)8-4-17/h3-10H,11-14H2,1-2H3,(H,23,27). The Morgan fingerprint density at radius 3 is 2.11 bits per heavy atom. The number of carbonyl (C=O) groups excluding carboxylic acids is 3. The Morgan fingerprint density at radius 1 is 0.926 bits per heavy atom. The highest BCUT2D eigenvalue weighted by molar-refractivity contribution is 6.30. The number of hydrogen-bond acceptors (Lipinski definition) is 3. The molecular formula is C21H23ClN2O3. The molecule has 5 nitrogen and oxygen atoms in total. The average Bonchev–Trinajstić information content (AvgIpc) is 2.63. The van der Waals surface area contributed by atoms with Gasteiger partial charge in [0.15, 0.2) is 5.78 Å². The lowest BCUT2D eigenvalue weighted by atomic mass is 10.1. The minimum atomic E-state index is -0.177. The van der Waals surface area contributed by atoms with Crippen molar-refractivity contribution in [2.24, 2.45) is 0 Å². The molecule has 0 saturated carbocycles. The molecule has 0 atom stereocenters. The van der Waals surface area contributed by atoms with Gasteiger partial charge in [-0.05, 0) is 55.3 Å². The lowest BCUT2D eigenvalue weighted by Crippen LogP contribution is -2.33. The van der Waals surface area contributed by atoms with Crippen molar-refractivity contribution in [1.29, 1.82) is 0 Å². The molecule has 6 heteroatoms. The number of anilines is 1. The number of rotatable bonds is 8. The summed E-state index contributed by atoms with van der Waals surface area (Å²) in [6, 6.07) is 14.2. The first-order valence-electron chi connectivity index (χ1n) is 8.76. The molecule has 0 aliphatic heterocycles. The summed E-state index contributed by atoms with van der Waals surface area (Å²) in [6.07, 6.45) is 0.902. The Bertz CT molecular complexity index is 801. The highest BCUT2D eigenvalue weighted by Crippen LogP contribution is 2.12. The molecule has 2 aromatic rings. The molecule has 0 unspecified atom stereocenters. The number of amides is 2. The molecule has 27 heavy (non-hydrogen) atoms. The molecule has 0 aromatic heterocycles. The first kappa shape index (κ1) is 20.6. The van der Waals surface area contributed by atoms with Gasteiger partial charge in [0.05, 0.1) is 0 Å². The van der Waals surface area contributed by atoms with Crippen molar-refractivity contribution < 1.29 is 14.4 Å². The van der Waals surface area contributed by atoms with Crippen LogP contribution in [0.2, 0.25) is 5.02 Å². The smallest absolute Gasteiger partial charge is 0.226 e. The molecule has 0 spiro atoms. The summed E-state index contributed by atoms with van der Waals surface area (Å²) >= 11 is 5.87. The number of Topliss-reactive ketones (excluding diaryl/α,β-unsaturated/α-hetero) is 1. The SMILES string of the molecule is CC(=O)c1ccc(NC(=O)CCN(CCc2ccc(Cl)cc2)C(C)=O)cc1. The summed E-state index contributed by atoms with van der Waals surface area (Å²) in [7, 11) is 0. The molecule has 0 heterocycles. The molecule has 0 saturated heterocycles. The van der Waals surface area contributed by atoms with Crippen LogP contribution in [0.5, 0.6) is 0 Å². The van der Waals surface area contributed by atoms with Crippen molar-refractivity contribution in [1.82, 2.24) is 4.90 Å². The maximum absolute atomic E-state index is 12.1. The number of ketones is 1. The van der Waals surface area contributed by atoms with E-state index in [2.05, 4.69) is 5.32 Å². The fourth-order valence-electron chi connectivity index (χ4n) is 2.59. The van der Waals surface area contributed by atoms with Crippen molar-refractivity contribution in [3.05, 3.63) is 64.7 Å². The van der Waals surface area contributed by atoms with Gasteiger partial charge in [-0.15, -0.1) is 0 Å². The Hall–Kier alpha value is -2.66. The summed E-state index contributed by atoms with van der Waals surface area (Å²) in [5, 5.41) is 3.46. The summed E-state index contributed by atoms with van der Waals surface area (Å²) in [5.41, 5.74) is 2.30. The van der Waals surface area contributed by atoms with Gasteiger partial charge < -0.3 is 10.2 Å². The topological polar surface area (TPSA) is 66.5 Å². The van der Waals surface area contributed by atoms with E-state index in [0.717, 1.165) is 5.56 Å². The maximum atomic E-state index is 12.1. The zero-order chi connectivity index (χ0) is 19.8. The summed E-state index contributed by atoms with van der Waals surface area (Å²) in [6.45, 7) is 3.88. The second kappa shape index (κ2) is 9.88. The lowest BCUT2D eigenvalue weighted by Gasteiger charge is -2.21. The zero-order valence-electron chi connectivity index (χ0n) is 15.5. The van der Waals surface area contributed by atoms with E-state index in [0.29, 0.717) is 35.8 Å². The predicted octanol–water partition coefficient (Wildman–Crippen LogP) is 3.96. The van der Waals surface area contributed by atoms with Gasteiger partial charge >= 0.3 is 0 Å². The number of benzene rings is 2. The van der Waals surface area contributed by atoms with Gasteiger partial charge in [0, 0.05) is 42.7 Å². The van der Waals surface area contributed by atoms with E-state index in [1.807, 2.05) is 24.3 Å². The monoisotopic (exact) mass is 386 g/mol. The van der Waals surface area contributed by atoms with Crippen LogP contribution in [0.1, 0.15) is 36.2 Å². The second-order valence-electron chi connectivity index (χ2n) is 6.31. The third kappa shape index (κ3) is 6.87. The molecule has 0 aliphatic carbocycles. The van der Waals surface area contributed by atoms with E-state index in [4.69, 9.17) is 11.6 Å². The van der Waals surface area contributed by atoms with Gasteiger partial charge in [0.2, 0.25) is 11.8 Å². The van der Waals surface area contributed by atoms with Crippen LogP contribution in [0.25, 0.3) is 0 Å². The first-order valence-corrected chi connectivity index (χ1v) is 9.14. The Balaban J connectivity index is 1.83. The zero-order valence-corrected chi connectivity index (χ0v) is 16.3. The van der Waals surface area contributed by atoms with Crippen molar-refractivity contribution >= 4 is 34.9 Å². The predicted molar refractivity (Wildman–Crippen MR) is 107 cm³/mol. The third-order valence-corrected chi connectivity index (χ3v) is 4.46. The van der Waals surface area contributed by atoms with Gasteiger partial charge in [-0.25, -0.2) is 0 Å². The van der Waals surface area contributed by atoms with Crippen molar-refractivity contribution in [2.45, 2.75) is 26.7 Å². The molecule has 1 N–H and O–H groups in total. The molecule has 142 valence electrons. The summed E-state index contributed by atoms with van der Waals surface area (Å²) in [4.78, 5) is 36.9. The van der Waals surface area contributed by atoms with Crippen LogP contribution in [0.15, 0.2) is 48.5 Å². The van der Waals surface area contributed by atoms with E-state index in [9.17, 15) is 14.4 Å². The van der Waals surface area contributed by atoms with Crippen LogP contribution in [0.4, 0.5) is 5.69 Å². The molecule has 0 radical (unpaired) electrons. The van der Waals surface area contributed by atoms with Crippen molar-refractivity contribution in [2.75, 3.05) is 18.4 Å². The Kier molecular flexibility index (Phi) is 7.55. The summed E-state index contributed by atoms with van der Waals surface area (Å²) < 4.78 is 0. The third-order valence-electron chi connectivity index (χ3n) is 4.21. The highest BCUT2D eigenvalue weighted by Gasteiger charge is 2.12. The summed E-state index contributed by atoms with van der Waals surface area (Å²) in [5.74, 6) is -0.267. The number of carbonyl (C=O) groups is 3. The van der Waals surface area contributed by atoms with Gasteiger partial charge in [-0.2, -0.15) is 0 Å². The number of nitrogens with one attached hydrogen (secondary N) is 1. The van der Waals surface area contributed by atoms with Gasteiger partial charge in [-0.3, -0.25) is 14.4 Å². The average molecular weight is 387 g/mol. The van der Waals surface area contributed by atoms with Crippen molar-refractivity contribution in [3.63, 3.8) is 0 Å². The van der Waals surface area contributed by atoms with E-state index < -0.39 is 0 Å². The number of halogens is 1. The molecule has 2 aromatic carbocycles. The minimum absolute atomic E-state index is 0.0225. The minimum Gasteiger partial charge on any atom is -0.342 e. The lowest BCUT2D eigenvalue weighted by molar-refractivity contribution is -0.129. The number of hydrogen-bond donors (Lipinski definition) is 1. The largest absolute Gasteiger partial charge is 0.342 e. The van der Waals surface area contributed by atoms with Gasteiger partial charge in [0.25, 0.3) is 0 Å².